The number of sulfonamides is 1. The van der Waals surface area contributed by atoms with Gasteiger partial charge < -0.3 is 10.2 Å². The predicted molar refractivity (Wildman–Crippen MR) is 156 cm³/mol. The SMILES string of the molecule is Cc1ccc(S(=O)(=O)N(CC(=O)N(Cc2ccccc2F)[C@H](C)C(=O)NC(C)(C)C)c2cc(C)cc(C)c2)cc1. The van der Waals surface area contributed by atoms with Crippen LogP contribution in [-0.4, -0.2) is 43.3 Å². The van der Waals surface area contributed by atoms with Gasteiger partial charge in [0, 0.05) is 17.6 Å². The Bertz CT molecular complexity index is 1460. The van der Waals surface area contributed by atoms with E-state index in [0.29, 0.717) is 5.69 Å². The summed E-state index contributed by atoms with van der Waals surface area (Å²) in [7, 11) is -4.18. The quantitative estimate of drug-likeness (QED) is 0.381. The van der Waals surface area contributed by atoms with Crippen LogP contribution < -0.4 is 9.62 Å². The number of rotatable bonds is 9. The van der Waals surface area contributed by atoms with E-state index in [2.05, 4.69) is 5.32 Å². The maximum absolute atomic E-state index is 14.7. The maximum atomic E-state index is 14.7. The normalized spacial score (nSPS) is 12.5. The van der Waals surface area contributed by atoms with Crippen molar-refractivity contribution in [2.45, 2.75) is 71.5 Å². The van der Waals surface area contributed by atoms with Crippen LogP contribution in [-0.2, 0) is 26.2 Å². The second-order valence-electron chi connectivity index (χ2n) is 11.2. The number of carbonyl (C=O) groups is 2. The van der Waals surface area contributed by atoms with Gasteiger partial charge in [0.2, 0.25) is 11.8 Å². The summed E-state index contributed by atoms with van der Waals surface area (Å²) in [6.07, 6.45) is 0. The van der Waals surface area contributed by atoms with Gasteiger partial charge in [-0.25, -0.2) is 12.8 Å². The molecule has 0 aromatic heterocycles. The minimum atomic E-state index is -4.18. The van der Waals surface area contributed by atoms with Crippen LogP contribution in [0, 0.1) is 26.6 Å². The highest BCUT2D eigenvalue weighted by atomic mass is 32.2. The molecule has 40 heavy (non-hydrogen) atoms. The third-order valence-electron chi connectivity index (χ3n) is 6.35. The van der Waals surface area contributed by atoms with E-state index in [0.717, 1.165) is 21.0 Å². The van der Waals surface area contributed by atoms with Gasteiger partial charge in [-0.2, -0.15) is 0 Å². The van der Waals surface area contributed by atoms with Gasteiger partial charge in [0.1, 0.15) is 18.4 Å². The molecule has 0 fully saturated rings. The van der Waals surface area contributed by atoms with E-state index < -0.39 is 45.8 Å². The predicted octanol–water partition coefficient (Wildman–Crippen LogP) is 5.28. The fourth-order valence-electron chi connectivity index (χ4n) is 4.33. The Labute approximate surface area is 237 Å². The molecule has 1 atom stereocenters. The average Bonchev–Trinajstić information content (AvgIpc) is 2.84. The van der Waals surface area contributed by atoms with Crippen LogP contribution >= 0.6 is 0 Å². The lowest BCUT2D eigenvalue weighted by Crippen LogP contribution is -2.54. The van der Waals surface area contributed by atoms with Crippen LogP contribution in [0.1, 0.15) is 49.9 Å². The van der Waals surface area contributed by atoms with Gasteiger partial charge in [0.15, 0.2) is 0 Å². The zero-order valence-electron chi connectivity index (χ0n) is 24.2. The summed E-state index contributed by atoms with van der Waals surface area (Å²) in [5.41, 5.74) is 2.51. The topological polar surface area (TPSA) is 86.8 Å². The summed E-state index contributed by atoms with van der Waals surface area (Å²) >= 11 is 0. The summed E-state index contributed by atoms with van der Waals surface area (Å²) in [5, 5.41) is 2.86. The van der Waals surface area contributed by atoms with Crippen molar-refractivity contribution in [2.24, 2.45) is 0 Å². The average molecular weight is 568 g/mol. The first-order valence-electron chi connectivity index (χ1n) is 13.1. The summed E-state index contributed by atoms with van der Waals surface area (Å²) < 4.78 is 43.6. The molecule has 3 rings (SSSR count). The molecule has 0 bridgehead atoms. The van der Waals surface area contributed by atoms with Crippen molar-refractivity contribution in [3.63, 3.8) is 0 Å². The van der Waals surface area contributed by atoms with E-state index >= 15 is 0 Å². The van der Waals surface area contributed by atoms with Crippen molar-refractivity contribution in [2.75, 3.05) is 10.8 Å². The molecule has 0 saturated heterocycles. The smallest absolute Gasteiger partial charge is 0.264 e. The number of nitrogens with one attached hydrogen (secondary N) is 1. The number of benzene rings is 3. The second-order valence-corrected chi connectivity index (χ2v) is 13.1. The van der Waals surface area contributed by atoms with E-state index in [4.69, 9.17) is 0 Å². The van der Waals surface area contributed by atoms with Gasteiger partial charge in [0.05, 0.1) is 10.6 Å². The molecule has 1 N–H and O–H groups in total. The molecule has 9 heteroatoms. The second kappa shape index (κ2) is 12.2. The first-order valence-corrected chi connectivity index (χ1v) is 14.5. The van der Waals surface area contributed by atoms with Crippen molar-refractivity contribution in [1.82, 2.24) is 10.2 Å². The highest BCUT2D eigenvalue weighted by molar-refractivity contribution is 7.92. The molecular formula is C31H38FN3O4S. The van der Waals surface area contributed by atoms with Crippen LogP contribution in [0.15, 0.2) is 71.6 Å². The Morgan fingerprint density at radius 2 is 1.48 bits per heavy atom. The molecule has 3 aromatic rings. The van der Waals surface area contributed by atoms with Gasteiger partial charge in [-0.1, -0.05) is 42.0 Å². The maximum Gasteiger partial charge on any atom is 0.264 e. The summed E-state index contributed by atoms with van der Waals surface area (Å²) in [6, 6.07) is 16.7. The molecule has 2 amide bonds. The van der Waals surface area contributed by atoms with E-state index in [1.54, 1.807) is 37.3 Å². The number of hydrogen-bond donors (Lipinski definition) is 1. The van der Waals surface area contributed by atoms with E-state index in [-0.39, 0.29) is 17.0 Å². The van der Waals surface area contributed by atoms with Crippen molar-refractivity contribution in [3.8, 4) is 0 Å². The van der Waals surface area contributed by atoms with Gasteiger partial charge in [-0.15, -0.1) is 0 Å². The fourth-order valence-corrected chi connectivity index (χ4v) is 5.73. The van der Waals surface area contributed by atoms with E-state index in [1.165, 1.54) is 35.2 Å². The number of hydrogen-bond acceptors (Lipinski definition) is 4. The Kier molecular flexibility index (Phi) is 9.40. The highest BCUT2D eigenvalue weighted by Gasteiger charge is 2.33. The van der Waals surface area contributed by atoms with Gasteiger partial charge >= 0.3 is 0 Å². The number of halogens is 1. The van der Waals surface area contributed by atoms with E-state index in [9.17, 15) is 22.4 Å². The van der Waals surface area contributed by atoms with Crippen LogP contribution in [0.5, 0.6) is 0 Å². The molecule has 0 spiro atoms. The number of carbonyl (C=O) groups excluding carboxylic acids is 2. The van der Waals surface area contributed by atoms with Gasteiger partial charge in [0.25, 0.3) is 10.0 Å². The fraction of sp³-hybridized carbons (Fsp3) is 0.355. The zero-order valence-corrected chi connectivity index (χ0v) is 25.0. The monoisotopic (exact) mass is 567 g/mol. The van der Waals surface area contributed by atoms with Gasteiger partial charge in [-0.05, 0) is 89.9 Å². The first kappa shape index (κ1) is 30.8. The van der Waals surface area contributed by atoms with Crippen molar-refractivity contribution in [1.29, 1.82) is 0 Å². The van der Waals surface area contributed by atoms with Crippen LogP contribution in [0.2, 0.25) is 0 Å². The Balaban J connectivity index is 2.08. The Morgan fingerprint density at radius 3 is 2.02 bits per heavy atom. The largest absolute Gasteiger partial charge is 0.350 e. The molecule has 3 aromatic carbocycles. The molecule has 0 aliphatic rings. The molecule has 214 valence electrons. The van der Waals surface area contributed by atoms with Crippen LogP contribution in [0.3, 0.4) is 0 Å². The number of amides is 2. The molecule has 0 aliphatic heterocycles. The summed E-state index contributed by atoms with van der Waals surface area (Å²) in [4.78, 5) is 28.4. The van der Waals surface area contributed by atoms with Crippen molar-refractivity contribution >= 4 is 27.5 Å². The highest BCUT2D eigenvalue weighted by Crippen LogP contribution is 2.27. The molecular weight excluding hydrogens is 529 g/mol. The van der Waals surface area contributed by atoms with E-state index in [1.807, 2.05) is 47.6 Å². The number of anilines is 1. The Hall–Kier alpha value is -3.72. The third-order valence-corrected chi connectivity index (χ3v) is 8.13. The molecule has 0 unspecified atom stereocenters. The number of aryl methyl sites for hydroxylation is 3. The summed E-state index contributed by atoms with van der Waals surface area (Å²) in [6.45, 7) is 11.7. The minimum Gasteiger partial charge on any atom is -0.350 e. The van der Waals surface area contributed by atoms with Crippen molar-refractivity contribution < 1.29 is 22.4 Å². The van der Waals surface area contributed by atoms with Crippen LogP contribution in [0.25, 0.3) is 0 Å². The third kappa shape index (κ3) is 7.69. The standard InChI is InChI=1S/C31H38FN3O4S/c1-21-12-14-27(15-13-21)40(38,39)35(26-17-22(2)16-23(3)18-26)20-29(36)34(19-25-10-8-9-11-28(25)32)24(4)30(37)33-31(5,6)7/h8-18,24H,19-20H2,1-7H3,(H,33,37)/t24-/m1/s1. The lowest BCUT2D eigenvalue weighted by Gasteiger charge is -2.33. The van der Waals surface area contributed by atoms with Gasteiger partial charge in [-0.3, -0.25) is 13.9 Å². The summed E-state index contributed by atoms with van der Waals surface area (Å²) in [5.74, 6) is -1.60. The lowest BCUT2D eigenvalue weighted by molar-refractivity contribution is -0.140. The molecule has 7 nitrogen and oxygen atoms in total. The molecule has 0 radical (unpaired) electrons. The Morgan fingerprint density at radius 1 is 0.900 bits per heavy atom. The lowest BCUT2D eigenvalue weighted by atomic mass is 10.1. The molecule has 0 saturated carbocycles. The van der Waals surface area contributed by atoms with Crippen molar-refractivity contribution in [3.05, 3.63) is 94.8 Å². The van der Waals surface area contributed by atoms with Crippen LogP contribution in [0.4, 0.5) is 10.1 Å². The number of nitrogens with zero attached hydrogens (tertiary/aromatic N) is 2. The first-order chi connectivity index (χ1) is 18.6. The molecule has 0 aliphatic carbocycles. The molecule has 0 heterocycles. The zero-order chi connectivity index (χ0) is 29.8. The minimum absolute atomic E-state index is 0.0317.